The van der Waals surface area contributed by atoms with Gasteiger partial charge in [0.2, 0.25) is 10.0 Å². The predicted molar refractivity (Wildman–Crippen MR) is 115 cm³/mol. The van der Waals surface area contributed by atoms with Crippen molar-refractivity contribution >= 4 is 37.5 Å². The summed E-state index contributed by atoms with van der Waals surface area (Å²) in [4.78, 5) is 17.7. The number of aryl methyl sites for hydroxylation is 3. The molecule has 1 heterocycles. The Balaban J connectivity index is 1.65. The molecule has 0 unspecified atom stereocenters. The summed E-state index contributed by atoms with van der Waals surface area (Å²) in [5.41, 5.74) is 3.79. The van der Waals surface area contributed by atoms with Gasteiger partial charge in [0.15, 0.2) is 4.80 Å². The van der Waals surface area contributed by atoms with Crippen molar-refractivity contribution in [1.29, 1.82) is 0 Å². The van der Waals surface area contributed by atoms with Crippen LogP contribution in [-0.4, -0.2) is 36.3 Å². The fourth-order valence-electron chi connectivity index (χ4n) is 3.21. The van der Waals surface area contributed by atoms with E-state index < -0.39 is 10.0 Å². The first kappa shape index (κ1) is 20.0. The quantitative estimate of drug-likeness (QED) is 0.638. The van der Waals surface area contributed by atoms with E-state index in [1.54, 1.807) is 7.05 Å². The Morgan fingerprint density at radius 2 is 1.76 bits per heavy atom. The number of fused-ring (bicyclic) bond motifs is 1. The molecule has 1 amide bonds. The molecule has 0 atom stereocenters. The van der Waals surface area contributed by atoms with Crippen molar-refractivity contribution in [2.45, 2.75) is 37.6 Å². The van der Waals surface area contributed by atoms with Crippen LogP contribution in [0, 0.1) is 13.8 Å². The lowest BCUT2D eigenvalue weighted by Gasteiger charge is -2.16. The van der Waals surface area contributed by atoms with E-state index in [-0.39, 0.29) is 16.8 Å². The van der Waals surface area contributed by atoms with Crippen LogP contribution in [0.25, 0.3) is 10.2 Å². The van der Waals surface area contributed by atoms with Gasteiger partial charge >= 0.3 is 0 Å². The highest BCUT2D eigenvalue weighted by Gasteiger charge is 2.34. The molecule has 152 valence electrons. The Labute approximate surface area is 174 Å². The van der Waals surface area contributed by atoms with Crippen LogP contribution in [0.4, 0.5) is 0 Å². The number of hydrogen-bond acceptors (Lipinski definition) is 4. The molecule has 1 saturated carbocycles. The number of rotatable bonds is 4. The molecule has 0 saturated heterocycles. The number of nitrogens with zero attached hydrogens (tertiary/aromatic N) is 3. The Hall–Kier alpha value is -2.29. The van der Waals surface area contributed by atoms with Gasteiger partial charge in [0.25, 0.3) is 5.91 Å². The van der Waals surface area contributed by atoms with Crippen molar-refractivity contribution in [3.05, 3.63) is 57.9 Å². The molecule has 0 spiro atoms. The fraction of sp³-hybridized carbons (Fsp3) is 0.333. The van der Waals surface area contributed by atoms with Crippen LogP contribution < -0.4 is 4.80 Å². The van der Waals surface area contributed by atoms with Crippen LogP contribution in [0.3, 0.4) is 0 Å². The van der Waals surface area contributed by atoms with Gasteiger partial charge in [-0.1, -0.05) is 11.3 Å². The zero-order chi connectivity index (χ0) is 20.9. The van der Waals surface area contributed by atoms with Crippen LogP contribution >= 0.6 is 11.3 Å². The minimum Gasteiger partial charge on any atom is -0.319 e. The zero-order valence-electron chi connectivity index (χ0n) is 16.8. The minimum atomic E-state index is -3.52. The molecule has 6 nitrogen and oxygen atoms in total. The number of aromatic nitrogens is 1. The van der Waals surface area contributed by atoms with Crippen LogP contribution in [0.15, 0.2) is 46.3 Å². The zero-order valence-corrected chi connectivity index (χ0v) is 18.5. The molecule has 1 fully saturated rings. The van der Waals surface area contributed by atoms with E-state index >= 15 is 0 Å². The van der Waals surface area contributed by atoms with Gasteiger partial charge in [-0.15, -0.1) is 0 Å². The molecular weight excluding hydrogens is 406 g/mol. The highest BCUT2D eigenvalue weighted by atomic mass is 32.2. The molecular formula is C21H23N3O3S2. The van der Waals surface area contributed by atoms with Crippen LogP contribution in [0.5, 0.6) is 0 Å². The van der Waals surface area contributed by atoms with Crippen molar-refractivity contribution in [3.63, 3.8) is 0 Å². The first-order chi connectivity index (χ1) is 13.7. The highest BCUT2D eigenvalue weighted by Crippen LogP contribution is 2.30. The normalized spacial score (nSPS) is 15.4. The van der Waals surface area contributed by atoms with Gasteiger partial charge in [-0.05, 0) is 74.2 Å². The van der Waals surface area contributed by atoms with E-state index in [0.29, 0.717) is 10.4 Å². The van der Waals surface area contributed by atoms with Gasteiger partial charge in [-0.3, -0.25) is 4.79 Å². The van der Waals surface area contributed by atoms with Gasteiger partial charge in [0.1, 0.15) is 0 Å². The van der Waals surface area contributed by atoms with Crippen molar-refractivity contribution in [3.8, 4) is 0 Å². The van der Waals surface area contributed by atoms with E-state index in [4.69, 9.17) is 0 Å². The van der Waals surface area contributed by atoms with Crippen molar-refractivity contribution in [1.82, 2.24) is 8.87 Å². The maximum absolute atomic E-state index is 12.7. The number of hydrogen-bond donors (Lipinski definition) is 0. The van der Waals surface area contributed by atoms with E-state index in [9.17, 15) is 13.2 Å². The number of thiazole rings is 1. The first-order valence-corrected chi connectivity index (χ1v) is 11.7. The summed E-state index contributed by atoms with van der Waals surface area (Å²) < 4.78 is 29.6. The third-order valence-electron chi connectivity index (χ3n) is 5.46. The lowest BCUT2D eigenvalue weighted by molar-refractivity contribution is 0.0998. The van der Waals surface area contributed by atoms with Gasteiger partial charge < -0.3 is 4.57 Å². The molecule has 3 aromatic rings. The highest BCUT2D eigenvalue weighted by molar-refractivity contribution is 7.89. The van der Waals surface area contributed by atoms with Gasteiger partial charge in [-0.25, -0.2) is 8.42 Å². The number of sulfonamides is 1. The Morgan fingerprint density at radius 3 is 2.38 bits per heavy atom. The summed E-state index contributed by atoms with van der Waals surface area (Å²) in [7, 11) is -0.0245. The summed E-state index contributed by atoms with van der Waals surface area (Å²) in [6.45, 7) is 4.12. The average molecular weight is 430 g/mol. The number of carbonyl (C=O) groups is 1. The monoisotopic (exact) mass is 429 g/mol. The fourth-order valence-corrected chi connectivity index (χ4v) is 5.72. The van der Waals surface area contributed by atoms with E-state index in [1.165, 1.54) is 51.0 Å². The SMILES string of the molecule is Cc1cc2sc(=NC(=O)c3ccc(S(=O)(=O)N(C)C4CC4)cc3)n(C)c2cc1C. The average Bonchev–Trinajstić information content (AvgIpc) is 3.50. The van der Waals surface area contributed by atoms with Gasteiger partial charge in [0, 0.05) is 25.7 Å². The van der Waals surface area contributed by atoms with Crippen LogP contribution in [0.1, 0.15) is 34.3 Å². The van der Waals surface area contributed by atoms with E-state index in [2.05, 4.69) is 31.0 Å². The maximum atomic E-state index is 12.7. The standard InChI is InChI=1S/C21H23N3O3S2/c1-13-11-18-19(12-14(13)2)28-21(23(18)3)22-20(25)15-5-9-17(10-6-15)29(26,27)24(4)16-7-8-16/h5-6,9-12,16H,7-8H2,1-4H3. The van der Waals surface area contributed by atoms with Crippen molar-refractivity contribution in [2.24, 2.45) is 12.0 Å². The minimum absolute atomic E-state index is 0.0940. The Kier molecular flexibility index (Phi) is 4.96. The summed E-state index contributed by atoms with van der Waals surface area (Å²) >= 11 is 1.46. The van der Waals surface area contributed by atoms with Crippen molar-refractivity contribution in [2.75, 3.05) is 7.05 Å². The molecule has 29 heavy (non-hydrogen) atoms. The molecule has 0 N–H and O–H groups in total. The topological polar surface area (TPSA) is 71.7 Å². The summed E-state index contributed by atoms with van der Waals surface area (Å²) in [6.07, 6.45) is 1.80. The molecule has 1 aliphatic rings. The maximum Gasteiger partial charge on any atom is 0.279 e. The largest absolute Gasteiger partial charge is 0.319 e. The second-order valence-corrected chi connectivity index (χ2v) is 10.5. The molecule has 8 heteroatoms. The summed E-state index contributed by atoms with van der Waals surface area (Å²) in [5, 5.41) is 0. The third-order valence-corrected chi connectivity index (χ3v) is 8.48. The second kappa shape index (κ2) is 7.19. The number of benzene rings is 2. The molecule has 2 aromatic carbocycles. The number of amides is 1. The molecule has 0 bridgehead atoms. The van der Waals surface area contributed by atoms with Gasteiger partial charge in [0.05, 0.1) is 15.1 Å². The van der Waals surface area contributed by atoms with Gasteiger partial charge in [-0.2, -0.15) is 9.30 Å². The summed E-state index contributed by atoms with van der Waals surface area (Å²) in [5.74, 6) is -0.389. The second-order valence-electron chi connectivity index (χ2n) is 7.54. The molecule has 4 rings (SSSR count). The van der Waals surface area contributed by atoms with Crippen LogP contribution in [-0.2, 0) is 17.1 Å². The lowest BCUT2D eigenvalue weighted by atomic mass is 10.1. The first-order valence-electron chi connectivity index (χ1n) is 9.42. The molecule has 0 radical (unpaired) electrons. The Morgan fingerprint density at radius 1 is 1.14 bits per heavy atom. The Bertz CT molecular complexity index is 1280. The molecule has 0 aliphatic heterocycles. The smallest absolute Gasteiger partial charge is 0.279 e. The molecule has 1 aliphatic carbocycles. The van der Waals surface area contributed by atoms with E-state index in [1.807, 2.05) is 11.6 Å². The number of carbonyl (C=O) groups excluding carboxylic acids is 1. The predicted octanol–water partition coefficient (Wildman–Crippen LogP) is 3.38. The third kappa shape index (κ3) is 3.68. The summed E-state index contributed by atoms with van der Waals surface area (Å²) in [6, 6.07) is 10.3. The van der Waals surface area contributed by atoms with E-state index in [0.717, 1.165) is 23.1 Å². The molecule has 1 aromatic heterocycles. The van der Waals surface area contributed by atoms with Crippen LogP contribution in [0.2, 0.25) is 0 Å². The lowest BCUT2D eigenvalue weighted by Crippen LogP contribution is -2.28. The van der Waals surface area contributed by atoms with Crippen molar-refractivity contribution < 1.29 is 13.2 Å².